The van der Waals surface area contributed by atoms with Gasteiger partial charge in [0.15, 0.2) is 0 Å². The number of hydrogen-bond acceptors (Lipinski definition) is 4. The SMILES string of the molecule is Cc1ccc(C(=O)Nc2ccc(O)c(-c3nc4ccccc4s3)c2)cc1. The highest BCUT2D eigenvalue weighted by molar-refractivity contribution is 7.21. The molecule has 0 fully saturated rings. The van der Waals surface area contributed by atoms with Gasteiger partial charge < -0.3 is 10.4 Å². The Labute approximate surface area is 154 Å². The molecule has 0 saturated carbocycles. The van der Waals surface area contributed by atoms with E-state index in [2.05, 4.69) is 10.3 Å². The summed E-state index contributed by atoms with van der Waals surface area (Å²) in [6.45, 7) is 1.98. The Bertz CT molecular complexity index is 1070. The second-order valence-electron chi connectivity index (χ2n) is 6.04. The predicted molar refractivity (Wildman–Crippen MR) is 106 cm³/mol. The molecule has 0 aliphatic carbocycles. The number of phenolic OH excluding ortho intramolecular Hbond substituents is 1. The first-order valence-corrected chi connectivity index (χ1v) is 8.99. The summed E-state index contributed by atoms with van der Waals surface area (Å²) in [7, 11) is 0. The Morgan fingerprint density at radius 1 is 1.04 bits per heavy atom. The van der Waals surface area contributed by atoms with Crippen molar-refractivity contribution in [2.24, 2.45) is 0 Å². The molecule has 4 aromatic rings. The number of amides is 1. The third-order valence-corrected chi connectivity index (χ3v) is 5.16. The molecule has 26 heavy (non-hydrogen) atoms. The lowest BCUT2D eigenvalue weighted by molar-refractivity contribution is 0.102. The monoisotopic (exact) mass is 360 g/mol. The molecule has 5 heteroatoms. The third kappa shape index (κ3) is 3.17. The molecule has 4 nitrogen and oxygen atoms in total. The van der Waals surface area contributed by atoms with Crippen LogP contribution in [0.1, 0.15) is 15.9 Å². The summed E-state index contributed by atoms with van der Waals surface area (Å²) in [5, 5.41) is 13.8. The number of para-hydroxylation sites is 1. The number of aromatic nitrogens is 1. The largest absolute Gasteiger partial charge is 0.507 e. The molecule has 0 aliphatic rings. The van der Waals surface area contributed by atoms with Crippen molar-refractivity contribution in [3.05, 3.63) is 77.9 Å². The van der Waals surface area contributed by atoms with Crippen molar-refractivity contribution >= 4 is 33.1 Å². The number of carbonyl (C=O) groups excluding carboxylic acids is 1. The van der Waals surface area contributed by atoms with Crippen LogP contribution in [-0.4, -0.2) is 16.0 Å². The fourth-order valence-corrected chi connectivity index (χ4v) is 3.67. The number of benzene rings is 3. The lowest BCUT2D eigenvalue weighted by Crippen LogP contribution is -2.11. The summed E-state index contributed by atoms with van der Waals surface area (Å²) in [5.41, 5.74) is 3.80. The number of nitrogens with one attached hydrogen (secondary N) is 1. The fraction of sp³-hybridized carbons (Fsp3) is 0.0476. The smallest absolute Gasteiger partial charge is 0.255 e. The molecule has 1 heterocycles. The van der Waals surface area contributed by atoms with E-state index in [4.69, 9.17) is 0 Å². The maximum atomic E-state index is 12.4. The summed E-state index contributed by atoms with van der Waals surface area (Å²) in [6, 6.07) is 20.2. The van der Waals surface area contributed by atoms with Gasteiger partial charge in [0.2, 0.25) is 0 Å². The second kappa shape index (κ2) is 6.61. The van der Waals surface area contributed by atoms with Gasteiger partial charge in [0.05, 0.1) is 15.8 Å². The predicted octanol–water partition coefficient (Wildman–Crippen LogP) is 5.23. The molecule has 0 spiro atoms. The molecule has 128 valence electrons. The van der Waals surface area contributed by atoms with Crippen molar-refractivity contribution in [1.82, 2.24) is 4.98 Å². The van der Waals surface area contributed by atoms with Gasteiger partial charge in [0.25, 0.3) is 5.91 Å². The van der Waals surface area contributed by atoms with E-state index >= 15 is 0 Å². The Morgan fingerprint density at radius 3 is 2.58 bits per heavy atom. The first-order valence-electron chi connectivity index (χ1n) is 8.17. The molecule has 0 atom stereocenters. The first kappa shape index (κ1) is 16.3. The minimum atomic E-state index is -0.189. The standard InChI is InChI=1S/C21H16N2O2S/c1-13-6-8-14(9-7-13)20(25)22-15-10-11-18(24)16(12-15)21-23-17-4-2-3-5-19(17)26-21/h2-12,24H,1H3,(H,22,25). The zero-order valence-corrected chi connectivity index (χ0v) is 14.9. The van der Waals surface area contributed by atoms with Gasteiger partial charge in [-0.25, -0.2) is 4.98 Å². The molecular weight excluding hydrogens is 344 g/mol. The highest BCUT2D eigenvalue weighted by atomic mass is 32.1. The summed E-state index contributed by atoms with van der Waals surface area (Å²) in [5.74, 6) is -0.0525. The summed E-state index contributed by atoms with van der Waals surface area (Å²) >= 11 is 1.51. The van der Waals surface area contributed by atoms with Gasteiger partial charge in [-0.05, 0) is 49.4 Å². The first-order chi connectivity index (χ1) is 12.6. The van der Waals surface area contributed by atoms with Crippen LogP contribution in [0.2, 0.25) is 0 Å². The fourth-order valence-electron chi connectivity index (χ4n) is 2.68. The molecule has 0 bridgehead atoms. The van der Waals surface area contributed by atoms with Crippen LogP contribution < -0.4 is 5.32 Å². The molecule has 4 rings (SSSR count). The van der Waals surface area contributed by atoms with Gasteiger partial charge >= 0.3 is 0 Å². The molecule has 0 unspecified atom stereocenters. The van der Waals surface area contributed by atoms with E-state index in [1.165, 1.54) is 11.3 Å². The van der Waals surface area contributed by atoms with Gasteiger partial charge in [0.1, 0.15) is 10.8 Å². The van der Waals surface area contributed by atoms with E-state index < -0.39 is 0 Å². The second-order valence-corrected chi connectivity index (χ2v) is 7.07. The summed E-state index contributed by atoms with van der Waals surface area (Å²) in [6.07, 6.45) is 0. The van der Waals surface area contributed by atoms with Crippen LogP contribution in [0.4, 0.5) is 5.69 Å². The number of aromatic hydroxyl groups is 1. The number of fused-ring (bicyclic) bond motifs is 1. The molecule has 2 N–H and O–H groups in total. The number of nitrogens with zero attached hydrogens (tertiary/aromatic N) is 1. The molecule has 1 amide bonds. The van der Waals surface area contributed by atoms with Crippen LogP contribution in [0.25, 0.3) is 20.8 Å². The minimum absolute atomic E-state index is 0.136. The maximum absolute atomic E-state index is 12.4. The lowest BCUT2D eigenvalue weighted by Gasteiger charge is -2.08. The Hall–Kier alpha value is -3.18. The van der Waals surface area contributed by atoms with Gasteiger partial charge in [-0.1, -0.05) is 29.8 Å². The van der Waals surface area contributed by atoms with Crippen molar-refractivity contribution in [2.45, 2.75) is 6.92 Å². The molecule has 0 saturated heterocycles. The van der Waals surface area contributed by atoms with Crippen LogP contribution in [0, 0.1) is 6.92 Å². The average Bonchev–Trinajstić information content (AvgIpc) is 3.07. The lowest BCUT2D eigenvalue weighted by atomic mass is 10.1. The van der Waals surface area contributed by atoms with Crippen molar-refractivity contribution in [3.63, 3.8) is 0 Å². The Kier molecular flexibility index (Phi) is 4.14. The third-order valence-electron chi connectivity index (χ3n) is 4.09. The van der Waals surface area contributed by atoms with E-state index in [0.717, 1.165) is 20.8 Å². The average molecular weight is 360 g/mol. The highest BCUT2D eigenvalue weighted by Crippen LogP contribution is 2.36. The van der Waals surface area contributed by atoms with E-state index in [1.807, 2.05) is 43.3 Å². The van der Waals surface area contributed by atoms with E-state index in [9.17, 15) is 9.90 Å². The zero-order chi connectivity index (χ0) is 18.1. The van der Waals surface area contributed by atoms with Gasteiger partial charge in [-0.3, -0.25) is 4.79 Å². The number of rotatable bonds is 3. The van der Waals surface area contributed by atoms with Crippen molar-refractivity contribution < 1.29 is 9.90 Å². The maximum Gasteiger partial charge on any atom is 0.255 e. The molecule has 0 aliphatic heterocycles. The van der Waals surface area contributed by atoms with Crippen LogP contribution in [0.3, 0.4) is 0 Å². The molecule has 1 aromatic heterocycles. The van der Waals surface area contributed by atoms with Gasteiger partial charge in [-0.2, -0.15) is 0 Å². The van der Waals surface area contributed by atoms with E-state index in [1.54, 1.807) is 30.3 Å². The number of phenols is 1. The van der Waals surface area contributed by atoms with Crippen molar-refractivity contribution in [3.8, 4) is 16.3 Å². The van der Waals surface area contributed by atoms with Gasteiger partial charge in [-0.15, -0.1) is 11.3 Å². The summed E-state index contributed by atoms with van der Waals surface area (Å²) < 4.78 is 1.05. The van der Waals surface area contributed by atoms with Crippen LogP contribution in [-0.2, 0) is 0 Å². The number of carbonyl (C=O) groups is 1. The highest BCUT2D eigenvalue weighted by Gasteiger charge is 2.13. The quantitative estimate of drug-likeness (QED) is 0.492. The Morgan fingerprint density at radius 2 is 1.81 bits per heavy atom. The number of aryl methyl sites for hydroxylation is 1. The Balaban J connectivity index is 1.65. The molecular formula is C21H16N2O2S. The number of anilines is 1. The number of hydrogen-bond donors (Lipinski definition) is 2. The molecule has 3 aromatic carbocycles. The normalized spacial score (nSPS) is 10.8. The van der Waals surface area contributed by atoms with Crippen LogP contribution >= 0.6 is 11.3 Å². The van der Waals surface area contributed by atoms with E-state index in [0.29, 0.717) is 16.8 Å². The zero-order valence-electron chi connectivity index (χ0n) is 14.1. The molecule has 0 radical (unpaired) electrons. The topological polar surface area (TPSA) is 62.2 Å². The van der Waals surface area contributed by atoms with E-state index in [-0.39, 0.29) is 11.7 Å². The number of thiazole rings is 1. The van der Waals surface area contributed by atoms with Crippen LogP contribution in [0.5, 0.6) is 5.75 Å². The van der Waals surface area contributed by atoms with Gasteiger partial charge in [0, 0.05) is 11.3 Å². The van der Waals surface area contributed by atoms with Crippen molar-refractivity contribution in [1.29, 1.82) is 0 Å². The van der Waals surface area contributed by atoms with Crippen molar-refractivity contribution in [2.75, 3.05) is 5.32 Å². The van der Waals surface area contributed by atoms with Crippen LogP contribution in [0.15, 0.2) is 66.7 Å². The minimum Gasteiger partial charge on any atom is -0.507 e. The summed E-state index contributed by atoms with van der Waals surface area (Å²) in [4.78, 5) is 17.0.